The van der Waals surface area contributed by atoms with E-state index in [-0.39, 0.29) is 0 Å². The van der Waals surface area contributed by atoms with Crippen LogP contribution in [0.25, 0.3) is 0 Å². The van der Waals surface area contributed by atoms with Crippen LogP contribution in [0.4, 0.5) is 0 Å². The van der Waals surface area contributed by atoms with Gasteiger partial charge in [0.15, 0.2) is 0 Å². The average molecular weight is 269 g/mol. The van der Waals surface area contributed by atoms with Gasteiger partial charge in [-0.15, -0.1) is 0 Å². The lowest BCUT2D eigenvalue weighted by Crippen LogP contribution is -2.33. The highest BCUT2D eigenvalue weighted by Crippen LogP contribution is 2.20. The Balaban J connectivity index is 2.10. The Morgan fingerprint density at radius 1 is 1.10 bits per heavy atom. The van der Waals surface area contributed by atoms with Crippen molar-refractivity contribution < 1.29 is 0 Å². The Bertz CT molecular complexity index is 484. The first-order valence-corrected chi connectivity index (χ1v) is 7.16. The minimum atomic E-state index is 0.379. The van der Waals surface area contributed by atoms with Crippen molar-refractivity contribution in [3.8, 4) is 0 Å². The molecule has 3 nitrogen and oxygen atoms in total. The largest absolute Gasteiger partial charge is 0.315 e. The molecule has 0 aliphatic heterocycles. The minimum Gasteiger partial charge on any atom is -0.315 e. The van der Waals surface area contributed by atoms with Crippen LogP contribution in [0.5, 0.6) is 0 Å². The second-order valence-electron chi connectivity index (χ2n) is 5.00. The molecule has 0 bridgehead atoms. The summed E-state index contributed by atoms with van der Waals surface area (Å²) in [4.78, 5) is 6.46. The Hall–Kier alpha value is -1.71. The summed E-state index contributed by atoms with van der Waals surface area (Å²) in [5.41, 5.74) is 2.64. The van der Waals surface area contributed by atoms with Gasteiger partial charge < -0.3 is 5.32 Å². The molecule has 3 heteroatoms. The van der Waals surface area contributed by atoms with Crippen LogP contribution >= 0.6 is 0 Å². The molecule has 0 saturated carbocycles. The van der Waals surface area contributed by atoms with E-state index in [0.717, 1.165) is 19.6 Å². The summed E-state index contributed by atoms with van der Waals surface area (Å²) in [6.07, 6.45) is 3.70. The third kappa shape index (κ3) is 4.15. The monoisotopic (exact) mass is 269 g/mol. The number of nitrogens with zero attached hydrogens (tertiary/aromatic N) is 2. The fourth-order valence-electron chi connectivity index (χ4n) is 2.37. The van der Waals surface area contributed by atoms with Crippen molar-refractivity contribution in [2.45, 2.75) is 19.5 Å². The number of nitrogens with one attached hydrogen (secondary N) is 1. The molecule has 0 amide bonds. The number of rotatable bonds is 7. The molecule has 1 atom stereocenters. The molecule has 0 radical (unpaired) electrons. The number of aromatic nitrogens is 1. The standard InChI is InChI=1S/C17H23N3/c1-3-18-13-17(16-7-5-4-6-8-16)20(2)14-15-9-11-19-12-10-15/h4-12,17-18H,3,13-14H2,1-2H3. The van der Waals surface area contributed by atoms with Gasteiger partial charge in [-0.2, -0.15) is 0 Å². The minimum absolute atomic E-state index is 0.379. The van der Waals surface area contributed by atoms with E-state index in [1.54, 1.807) is 0 Å². The van der Waals surface area contributed by atoms with Crippen LogP contribution in [0.3, 0.4) is 0 Å². The summed E-state index contributed by atoms with van der Waals surface area (Å²) in [5, 5.41) is 3.46. The van der Waals surface area contributed by atoms with Crippen molar-refractivity contribution >= 4 is 0 Å². The molecule has 0 fully saturated rings. The Labute approximate surface area is 121 Å². The van der Waals surface area contributed by atoms with Crippen LogP contribution in [0.2, 0.25) is 0 Å². The molecule has 0 spiro atoms. The van der Waals surface area contributed by atoms with Gasteiger partial charge >= 0.3 is 0 Å². The van der Waals surface area contributed by atoms with E-state index < -0.39 is 0 Å². The highest BCUT2D eigenvalue weighted by atomic mass is 15.1. The molecule has 1 aromatic heterocycles. The lowest BCUT2D eigenvalue weighted by atomic mass is 10.0. The average Bonchev–Trinajstić information content (AvgIpc) is 2.50. The van der Waals surface area contributed by atoms with Crippen molar-refractivity contribution in [3.63, 3.8) is 0 Å². The molecule has 0 aliphatic rings. The third-order valence-corrected chi connectivity index (χ3v) is 3.49. The van der Waals surface area contributed by atoms with Gasteiger partial charge in [-0.1, -0.05) is 37.3 Å². The first-order chi connectivity index (χ1) is 9.81. The Morgan fingerprint density at radius 2 is 1.80 bits per heavy atom. The first kappa shape index (κ1) is 14.7. The third-order valence-electron chi connectivity index (χ3n) is 3.49. The summed E-state index contributed by atoms with van der Waals surface area (Å²) >= 11 is 0. The second-order valence-corrected chi connectivity index (χ2v) is 5.00. The molecule has 1 unspecified atom stereocenters. The van der Waals surface area contributed by atoms with Gasteiger partial charge in [-0.3, -0.25) is 9.88 Å². The molecule has 20 heavy (non-hydrogen) atoms. The van der Waals surface area contributed by atoms with Crippen LogP contribution in [0.1, 0.15) is 24.1 Å². The maximum absolute atomic E-state index is 4.07. The lowest BCUT2D eigenvalue weighted by Gasteiger charge is -2.29. The number of pyridine rings is 1. The van der Waals surface area contributed by atoms with Crippen molar-refractivity contribution in [2.24, 2.45) is 0 Å². The van der Waals surface area contributed by atoms with E-state index in [0.29, 0.717) is 6.04 Å². The maximum Gasteiger partial charge on any atom is 0.0473 e. The fourth-order valence-corrected chi connectivity index (χ4v) is 2.37. The Kier molecular flexibility index (Phi) is 5.71. The van der Waals surface area contributed by atoms with Crippen LogP contribution in [-0.4, -0.2) is 30.0 Å². The zero-order chi connectivity index (χ0) is 14.2. The fraction of sp³-hybridized carbons (Fsp3) is 0.353. The number of hydrogen-bond acceptors (Lipinski definition) is 3. The number of hydrogen-bond donors (Lipinski definition) is 1. The molecule has 106 valence electrons. The molecule has 1 N–H and O–H groups in total. The van der Waals surface area contributed by atoms with Gasteiger partial charge in [-0.05, 0) is 36.9 Å². The van der Waals surface area contributed by atoms with E-state index in [9.17, 15) is 0 Å². The molecule has 2 rings (SSSR count). The molecule has 1 aromatic carbocycles. The highest BCUT2D eigenvalue weighted by molar-refractivity contribution is 5.20. The van der Waals surface area contributed by atoms with Crippen LogP contribution in [0, 0.1) is 0 Å². The van der Waals surface area contributed by atoms with Crippen LogP contribution in [-0.2, 0) is 6.54 Å². The molecule has 2 aromatic rings. The quantitative estimate of drug-likeness (QED) is 0.837. The summed E-state index contributed by atoms with van der Waals surface area (Å²) < 4.78 is 0. The summed E-state index contributed by atoms with van der Waals surface area (Å²) in [5.74, 6) is 0. The molecular weight excluding hydrogens is 246 g/mol. The van der Waals surface area contributed by atoms with Gasteiger partial charge in [0.05, 0.1) is 0 Å². The Morgan fingerprint density at radius 3 is 2.45 bits per heavy atom. The summed E-state index contributed by atoms with van der Waals surface area (Å²) in [6.45, 7) is 5.02. The SMILES string of the molecule is CCNCC(c1ccccc1)N(C)Cc1ccncc1. The lowest BCUT2D eigenvalue weighted by molar-refractivity contribution is 0.231. The highest BCUT2D eigenvalue weighted by Gasteiger charge is 2.16. The predicted molar refractivity (Wildman–Crippen MR) is 83.4 cm³/mol. The predicted octanol–water partition coefficient (Wildman–Crippen LogP) is 2.86. The van der Waals surface area contributed by atoms with Gasteiger partial charge in [0.1, 0.15) is 0 Å². The van der Waals surface area contributed by atoms with Crippen LogP contribution < -0.4 is 5.32 Å². The smallest absolute Gasteiger partial charge is 0.0473 e. The second kappa shape index (κ2) is 7.78. The van der Waals surface area contributed by atoms with E-state index in [4.69, 9.17) is 0 Å². The number of benzene rings is 1. The summed E-state index contributed by atoms with van der Waals surface area (Å²) in [6, 6.07) is 15.2. The van der Waals surface area contributed by atoms with Crippen LogP contribution in [0.15, 0.2) is 54.9 Å². The molecular formula is C17H23N3. The maximum atomic E-state index is 4.07. The zero-order valence-electron chi connectivity index (χ0n) is 12.3. The number of likely N-dealkylation sites (N-methyl/N-ethyl adjacent to an activating group) is 2. The normalized spacial score (nSPS) is 12.6. The van der Waals surface area contributed by atoms with Crippen molar-refractivity contribution in [1.29, 1.82) is 0 Å². The van der Waals surface area contributed by atoms with E-state index >= 15 is 0 Å². The van der Waals surface area contributed by atoms with Crippen molar-refractivity contribution in [2.75, 3.05) is 20.1 Å². The van der Waals surface area contributed by atoms with Gasteiger partial charge in [0, 0.05) is 31.5 Å². The van der Waals surface area contributed by atoms with Crippen molar-refractivity contribution in [3.05, 3.63) is 66.0 Å². The van der Waals surface area contributed by atoms with E-state index in [2.05, 4.69) is 71.6 Å². The van der Waals surface area contributed by atoms with Gasteiger partial charge in [-0.25, -0.2) is 0 Å². The van der Waals surface area contributed by atoms with E-state index in [1.165, 1.54) is 11.1 Å². The topological polar surface area (TPSA) is 28.2 Å². The molecule has 0 saturated heterocycles. The van der Waals surface area contributed by atoms with Gasteiger partial charge in [0.2, 0.25) is 0 Å². The molecule has 1 heterocycles. The molecule has 0 aliphatic carbocycles. The van der Waals surface area contributed by atoms with Crippen molar-refractivity contribution in [1.82, 2.24) is 15.2 Å². The van der Waals surface area contributed by atoms with Gasteiger partial charge in [0.25, 0.3) is 0 Å². The first-order valence-electron chi connectivity index (χ1n) is 7.16. The summed E-state index contributed by atoms with van der Waals surface area (Å²) in [7, 11) is 2.18. The van der Waals surface area contributed by atoms with E-state index in [1.807, 2.05) is 12.4 Å². The zero-order valence-corrected chi connectivity index (χ0v) is 12.3.